The fourth-order valence-electron chi connectivity index (χ4n) is 3.61. The predicted molar refractivity (Wildman–Crippen MR) is 103 cm³/mol. The van der Waals surface area contributed by atoms with E-state index >= 15 is 0 Å². The third kappa shape index (κ3) is 2.57. The average Bonchev–Trinajstić information content (AvgIpc) is 3.12. The van der Waals surface area contributed by atoms with E-state index in [2.05, 4.69) is 25.3 Å². The maximum Gasteiger partial charge on any atom is 0.261 e. The van der Waals surface area contributed by atoms with Crippen LogP contribution in [0.1, 0.15) is 11.6 Å². The number of aromatic amines is 2. The molecular weight excluding hydrogens is 344 g/mol. The van der Waals surface area contributed by atoms with Crippen molar-refractivity contribution in [3.05, 3.63) is 52.4 Å². The van der Waals surface area contributed by atoms with Gasteiger partial charge in [-0.05, 0) is 12.1 Å². The van der Waals surface area contributed by atoms with Crippen molar-refractivity contribution >= 4 is 27.8 Å². The van der Waals surface area contributed by atoms with E-state index in [1.165, 1.54) is 0 Å². The van der Waals surface area contributed by atoms with E-state index in [0.717, 1.165) is 23.0 Å². The fourth-order valence-corrected chi connectivity index (χ4v) is 3.61. The van der Waals surface area contributed by atoms with Crippen molar-refractivity contribution in [2.45, 2.75) is 6.04 Å². The van der Waals surface area contributed by atoms with Gasteiger partial charge in [-0.25, -0.2) is 9.97 Å². The number of hydrogen-bond donors (Lipinski definition) is 4. The first-order valence-electron chi connectivity index (χ1n) is 8.79. The minimum Gasteiger partial charge on any atom is -0.397 e. The Kier molecular flexibility index (Phi) is 3.66. The molecule has 4 heterocycles. The lowest BCUT2D eigenvalue weighted by Crippen LogP contribution is -2.34. The predicted octanol–water partition coefficient (Wildman–Crippen LogP) is 1.71. The quantitative estimate of drug-likeness (QED) is 0.431. The van der Waals surface area contributed by atoms with E-state index in [-0.39, 0.29) is 11.6 Å². The molecule has 8 nitrogen and oxygen atoms in total. The second-order valence-electron chi connectivity index (χ2n) is 6.55. The van der Waals surface area contributed by atoms with Crippen LogP contribution < -0.4 is 16.6 Å². The maximum atomic E-state index is 12.7. The molecule has 1 atom stereocenters. The monoisotopic (exact) mass is 362 g/mol. The Hall–Kier alpha value is -3.23. The van der Waals surface area contributed by atoms with Crippen LogP contribution >= 0.6 is 0 Å². The molecule has 5 N–H and O–H groups in total. The zero-order valence-corrected chi connectivity index (χ0v) is 14.5. The van der Waals surface area contributed by atoms with Gasteiger partial charge in [-0.15, -0.1) is 0 Å². The molecule has 1 aliphatic rings. The molecule has 8 heteroatoms. The van der Waals surface area contributed by atoms with Crippen LogP contribution in [0.25, 0.3) is 33.5 Å². The van der Waals surface area contributed by atoms with Gasteiger partial charge in [0.05, 0.1) is 36.0 Å². The lowest BCUT2D eigenvalue weighted by molar-refractivity contribution is 0.0772. The number of nitrogen functional groups attached to an aromatic ring is 1. The Labute approximate surface area is 153 Å². The Morgan fingerprint density at radius 3 is 2.93 bits per heavy atom. The van der Waals surface area contributed by atoms with Crippen LogP contribution in [0.5, 0.6) is 0 Å². The summed E-state index contributed by atoms with van der Waals surface area (Å²) < 4.78 is 5.57. The first-order chi connectivity index (χ1) is 13.2. The number of aromatic nitrogens is 4. The van der Waals surface area contributed by atoms with Crippen LogP contribution in [-0.2, 0) is 4.74 Å². The van der Waals surface area contributed by atoms with Gasteiger partial charge in [-0.1, -0.05) is 18.2 Å². The molecule has 0 amide bonds. The lowest BCUT2D eigenvalue weighted by Gasteiger charge is -2.24. The number of hydrogen-bond acceptors (Lipinski definition) is 6. The number of ether oxygens (including phenoxy) is 1. The van der Waals surface area contributed by atoms with Crippen molar-refractivity contribution in [3.63, 3.8) is 0 Å². The maximum absolute atomic E-state index is 12.7. The van der Waals surface area contributed by atoms with Gasteiger partial charge < -0.3 is 25.8 Å². The Morgan fingerprint density at radius 1 is 1.19 bits per heavy atom. The van der Waals surface area contributed by atoms with Crippen molar-refractivity contribution < 1.29 is 4.74 Å². The summed E-state index contributed by atoms with van der Waals surface area (Å²) in [5.41, 5.74) is 9.79. The number of para-hydroxylation sites is 1. The van der Waals surface area contributed by atoms with Gasteiger partial charge in [-0.3, -0.25) is 4.79 Å². The van der Waals surface area contributed by atoms with Gasteiger partial charge in [-0.2, -0.15) is 0 Å². The highest BCUT2D eigenvalue weighted by Crippen LogP contribution is 2.29. The summed E-state index contributed by atoms with van der Waals surface area (Å²) in [5.74, 6) is 0.409. The second kappa shape index (κ2) is 6.19. The molecule has 5 rings (SSSR count). The highest BCUT2D eigenvalue weighted by atomic mass is 16.5. The minimum absolute atomic E-state index is 0.0461. The third-order valence-corrected chi connectivity index (χ3v) is 4.92. The standard InChI is InChI=1S/C19H18N6O2/c20-15-10-3-1-2-4-12(10)23-19(26)14(15)17-24-16-11(5-6-22-18(16)25-17)13-9-27-8-7-21-13/h1-6,13,21H,7-9H2,(H3,20,23,26)(H,22,24,25). The second-order valence-corrected chi connectivity index (χ2v) is 6.55. The van der Waals surface area contributed by atoms with Gasteiger partial charge >= 0.3 is 0 Å². The summed E-state index contributed by atoms with van der Waals surface area (Å²) in [6.07, 6.45) is 1.71. The lowest BCUT2D eigenvalue weighted by atomic mass is 10.1. The van der Waals surface area contributed by atoms with E-state index in [9.17, 15) is 4.79 Å². The van der Waals surface area contributed by atoms with Gasteiger partial charge in [0.2, 0.25) is 0 Å². The number of rotatable bonds is 2. The summed E-state index contributed by atoms with van der Waals surface area (Å²) in [6, 6.07) is 9.42. The molecule has 0 spiro atoms. The van der Waals surface area contributed by atoms with Crippen molar-refractivity contribution in [3.8, 4) is 11.4 Å². The molecular formula is C19H18N6O2. The third-order valence-electron chi connectivity index (χ3n) is 4.92. The van der Waals surface area contributed by atoms with Gasteiger partial charge in [0.15, 0.2) is 5.65 Å². The van der Waals surface area contributed by atoms with Crippen molar-refractivity contribution in [2.75, 3.05) is 25.5 Å². The Balaban J connectivity index is 1.70. The molecule has 0 saturated carbocycles. The molecule has 27 heavy (non-hydrogen) atoms. The Bertz CT molecular complexity index is 1210. The first kappa shape index (κ1) is 16.0. The van der Waals surface area contributed by atoms with Crippen molar-refractivity contribution in [2.24, 2.45) is 0 Å². The van der Waals surface area contributed by atoms with Gasteiger partial charge in [0, 0.05) is 23.7 Å². The zero-order chi connectivity index (χ0) is 18.4. The average molecular weight is 362 g/mol. The molecule has 1 aliphatic heterocycles. The number of pyridine rings is 2. The summed E-state index contributed by atoms with van der Waals surface area (Å²) in [7, 11) is 0. The van der Waals surface area contributed by atoms with Crippen LogP contribution in [0.4, 0.5) is 5.69 Å². The zero-order valence-electron chi connectivity index (χ0n) is 14.5. The van der Waals surface area contributed by atoms with E-state index in [1.54, 1.807) is 6.20 Å². The molecule has 1 aromatic carbocycles. The molecule has 0 radical (unpaired) electrons. The fraction of sp³-hybridized carbons (Fsp3) is 0.211. The van der Waals surface area contributed by atoms with E-state index < -0.39 is 0 Å². The number of nitrogens with two attached hydrogens (primary N) is 1. The molecule has 3 aromatic heterocycles. The molecule has 1 saturated heterocycles. The highest BCUT2D eigenvalue weighted by molar-refractivity contribution is 5.97. The number of anilines is 1. The molecule has 0 bridgehead atoms. The normalized spacial score (nSPS) is 17.6. The number of benzene rings is 1. The van der Waals surface area contributed by atoms with Crippen LogP contribution in [0.2, 0.25) is 0 Å². The number of nitrogens with zero attached hydrogens (tertiary/aromatic N) is 2. The topological polar surface area (TPSA) is 122 Å². The number of imidazole rings is 1. The summed E-state index contributed by atoms with van der Waals surface area (Å²) in [4.78, 5) is 27.7. The number of nitrogens with one attached hydrogen (secondary N) is 3. The molecule has 136 valence electrons. The SMILES string of the molecule is Nc1c(-c2nc3nccc(C4COCCN4)c3[nH]2)c(=O)[nH]c2ccccc12. The van der Waals surface area contributed by atoms with E-state index in [4.69, 9.17) is 10.5 Å². The number of H-pyrrole nitrogens is 2. The summed E-state index contributed by atoms with van der Waals surface area (Å²) in [6.45, 7) is 2.06. The minimum atomic E-state index is -0.286. The van der Waals surface area contributed by atoms with Crippen LogP contribution in [0.15, 0.2) is 41.3 Å². The first-order valence-corrected chi connectivity index (χ1v) is 8.79. The highest BCUT2D eigenvalue weighted by Gasteiger charge is 2.22. The summed E-state index contributed by atoms with van der Waals surface area (Å²) in [5, 5.41) is 4.21. The van der Waals surface area contributed by atoms with Crippen LogP contribution in [0, 0.1) is 0 Å². The van der Waals surface area contributed by atoms with Crippen molar-refractivity contribution in [1.29, 1.82) is 0 Å². The molecule has 0 aliphatic carbocycles. The van der Waals surface area contributed by atoms with E-state index in [0.29, 0.717) is 41.5 Å². The smallest absolute Gasteiger partial charge is 0.261 e. The van der Waals surface area contributed by atoms with Crippen LogP contribution in [-0.4, -0.2) is 39.7 Å². The van der Waals surface area contributed by atoms with Crippen molar-refractivity contribution in [1.82, 2.24) is 25.3 Å². The largest absolute Gasteiger partial charge is 0.397 e. The molecule has 1 unspecified atom stereocenters. The number of fused-ring (bicyclic) bond motifs is 2. The molecule has 1 fully saturated rings. The van der Waals surface area contributed by atoms with Gasteiger partial charge in [0.1, 0.15) is 11.4 Å². The Morgan fingerprint density at radius 2 is 2.07 bits per heavy atom. The molecule has 4 aromatic rings. The van der Waals surface area contributed by atoms with Gasteiger partial charge in [0.25, 0.3) is 5.56 Å². The van der Waals surface area contributed by atoms with E-state index in [1.807, 2.05) is 30.3 Å². The van der Waals surface area contributed by atoms with Crippen LogP contribution in [0.3, 0.4) is 0 Å². The number of morpholine rings is 1. The summed E-state index contributed by atoms with van der Waals surface area (Å²) >= 11 is 0.